The fraction of sp³-hybridized carbons (Fsp3) is 0.429. The second-order valence-electron chi connectivity index (χ2n) is 7.62. The van der Waals surface area contributed by atoms with Gasteiger partial charge in [0, 0.05) is 18.7 Å². The van der Waals surface area contributed by atoms with E-state index < -0.39 is 10.0 Å². The third-order valence-corrected chi connectivity index (χ3v) is 8.29. The molecule has 1 aliphatic heterocycles. The number of nitrogens with zero attached hydrogens (tertiary/aromatic N) is 3. The molecule has 0 saturated carbocycles. The third-order valence-electron chi connectivity index (χ3n) is 5.05. The Hall–Kier alpha value is -2.43. The van der Waals surface area contributed by atoms with Crippen LogP contribution in [0.25, 0.3) is 11.4 Å². The summed E-state index contributed by atoms with van der Waals surface area (Å²) < 4.78 is 44.3. The maximum Gasteiger partial charge on any atom is 0.252 e. The molecule has 2 aromatic heterocycles. The molecule has 0 N–H and O–H groups in total. The summed E-state index contributed by atoms with van der Waals surface area (Å²) in [7, 11) is -1.92. The monoisotopic (exact) mass is 463 g/mol. The van der Waals surface area contributed by atoms with Crippen molar-refractivity contribution in [3.63, 3.8) is 0 Å². The van der Waals surface area contributed by atoms with Crippen molar-refractivity contribution in [3.05, 3.63) is 41.6 Å². The van der Waals surface area contributed by atoms with Crippen LogP contribution in [0.2, 0.25) is 0 Å². The molecule has 0 spiro atoms. The van der Waals surface area contributed by atoms with Crippen LogP contribution in [-0.4, -0.2) is 49.2 Å². The lowest BCUT2D eigenvalue weighted by atomic mass is 10.00. The zero-order chi connectivity index (χ0) is 22.0. The van der Waals surface area contributed by atoms with E-state index in [2.05, 4.69) is 10.1 Å². The van der Waals surface area contributed by atoms with Gasteiger partial charge >= 0.3 is 0 Å². The molecule has 3 heterocycles. The van der Waals surface area contributed by atoms with E-state index in [0.717, 1.165) is 18.4 Å². The Morgan fingerprint density at radius 3 is 2.81 bits per heavy atom. The molecule has 166 valence electrons. The zero-order valence-corrected chi connectivity index (χ0v) is 19.3. The fourth-order valence-corrected chi connectivity index (χ4v) is 6.24. The number of aromatic nitrogens is 2. The number of hydrogen-bond acceptors (Lipinski definition) is 8. The molecule has 0 amide bonds. The summed E-state index contributed by atoms with van der Waals surface area (Å²) in [5.41, 5.74) is 0.738. The molecule has 4 rings (SSSR count). The molecular formula is C21H25N3O5S2. The normalized spacial score (nSPS) is 17.7. The SMILES string of the molecule is COc1cc(-c2noc(C3CCCN(S(=O)(=O)c4cccs4)C3)n2)ccc1OC(C)C. The van der Waals surface area contributed by atoms with Crippen LogP contribution in [0.4, 0.5) is 0 Å². The van der Waals surface area contributed by atoms with Gasteiger partial charge in [0.25, 0.3) is 10.0 Å². The van der Waals surface area contributed by atoms with Gasteiger partial charge in [-0.05, 0) is 56.3 Å². The van der Waals surface area contributed by atoms with Gasteiger partial charge in [-0.2, -0.15) is 9.29 Å². The second-order valence-corrected chi connectivity index (χ2v) is 10.7. The van der Waals surface area contributed by atoms with Gasteiger partial charge in [0.1, 0.15) is 4.21 Å². The molecule has 1 atom stereocenters. The van der Waals surface area contributed by atoms with E-state index in [1.165, 1.54) is 15.6 Å². The highest BCUT2D eigenvalue weighted by Gasteiger charge is 2.34. The summed E-state index contributed by atoms with van der Waals surface area (Å²) in [6, 6.07) is 8.85. The Morgan fingerprint density at radius 2 is 2.10 bits per heavy atom. The molecule has 0 radical (unpaired) electrons. The summed E-state index contributed by atoms with van der Waals surface area (Å²) in [4.78, 5) is 4.56. The van der Waals surface area contributed by atoms with E-state index >= 15 is 0 Å². The number of sulfonamides is 1. The molecular weight excluding hydrogens is 438 g/mol. The average Bonchev–Trinajstić information content (AvgIpc) is 3.46. The first-order valence-corrected chi connectivity index (χ1v) is 12.4. The van der Waals surface area contributed by atoms with E-state index in [1.807, 2.05) is 26.0 Å². The number of thiophene rings is 1. The van der Waals surface area contributed by atoms with E-state index in [9.17, 15) is 8.42 Å². The van der Waals surface area contributed by atoms with Gasteiger partial charge in [0.2, 0.25) is 11.7 Å². The molecule has 1 unspecified atom stereocenters. The molecule has 8 nitrogen and oxygen atoms in total. The maximum atomic E-state index is 12.9. The average molecular weight is 464 g/mol. The van der Waals surface area contributed by atoms with Crippen molar-refractivity contribution in [2.45, 2.75) is 42.9 Å². The molecule has 1 aliphatic rings. The van der Waals surface area contributed by atoms with Crippen LogP contribution in [0.5, 0.6) is 11.5 Å². The van der Waals surface area contributed by atoms with Gasteiger partial charge < -0.3 is 14.0 Å². The van der Waals surface area contributed by atoms with Gasteiger partial charge in [-0.3, -0.25) is 0 Å². The minimum absolute atomic E-state index is 0.0243. The van der Waals surface area contributed by atoms with Crippen molar-refractivity contribution in [1.82, 2.24) is 14.4 Å². The first-order chi connectivity index (χ1) is 14.9. The lowest BCUT2D eigenvalue weighted by molar-refractivity contribution is 0.230. The zero-order valence-electron chi connectivity index (χ0n) is 17.6. The van der Waals surface area contributed by atoms with Crippen molar-refractivity contribution < 1.29 is 22.4 Å². The van der Waals surface area contributed by atoms with Crippen LogP contribution >= 0.6 is 11.3 Å². The second kappa shape index (κ2) is 8.97. The van der Waals surface area contributed by atoms with E-state index in [4.69, 9.17) is 14.0 Å². The van der Waals surface area contributed by atoms with Crippen LogP contribution in [0.15, 0.2) is 44.4 Å². The van der Waals surface area contributed by atoms with Crippen LogP contribution in [0, 0.1) is 0 Å². The first kappa shape index (κ1) is 21.8. The standard InChI is InChI=1S/C21H25N3O5S2/c1-14(2)28-17-9-8-15(12-18(17)27-3)20-22-21(29-23-20)16-6-4-10-24(13-16)31(25,26)19-7-5-11-30-19/h5,7-9,11-12,14,16H,4,6,10,13H2,1-3H3. The van der Waals surface area contributed by atoms with Crippen LogP contribution in [0.3, 0.4) is 0 Å². The van der Waals surface area contributed by atoms with E-state index in [1.54, 1.807) is 30.7 Å². The Balaban J connectivity index is 1.53. The fourth-order valence-electron chi connectivity index (χ4n) is 3.58. The van der Waals surface area contributed by atoms with E-state index in [0.29, 0.717) is 40.5 Å². The first-order valence-electron chi connectivity index (χ1n) is 10.1. The van der Waals surface area contributed by atoms with Crippen LogP contribution in [0.1, 0.15) is 38.5 Å². The number of benzene rings is 1. The topological polar surface area (TPSA) is 94.8 Å². The number of piperidine rings is 1. The van der Waals surface area contributed by atoms with Crippen molar-refractivity contribution in [1.29, 1.82) is 0 Å². The van der Waals surface area contributed by atoms with Crippen molar-refractivity contribution >= 4 is 21.4 Å². The van der Waals surface area contributed by atoms with Gasteiger partial charge in [0.15, 0.2) is 11.5 Å². The number of hydrogen-bond donors (Lipinski definition) is 0. The predicted molar refractivity (Wildman–Crippen MR) is 117 cm³/mol. The van der Waals surface area contributed by atoms with Gasteiger partial charge in [0.05, 0.1) is 19.1 Å². The van der Waals surface area contributed by atoms with Crippen molar-refractivity contribution in [3.8, 4) is 22.9 Å². The van der Waals surface area contributed by atoms with Crippen molar-refractivity contribution in [2.75, 3.05) is 20.2 Å². The largest absolute Gasteiger partial charge is 0.493 e. The summed E-state index contributed by atoms with van der Waals surface area (Å²) in [6.45, 7) is 4.72. The van der Waals surface area contributed by atoms with Gasteiger partial charge in [-0.25, -0.2) is 8.42 Å². The Bertz CT molecular complexity index is 1130. The number of ether oxygens (including phenoxy) is 2. The highest BCUT2D eigenvalue weighted by Crippen LogP contribution is 2.34. The molecule has 1 saturated heterocycles. The predicted octanol–water partition coefficient (Wildman–Crippen LogP) is 4.16. The van der Waals surface area contributed by atoms with E-state index in [-0.39, 0.29) is 12.0 Å². The van der Waals surface area contributed by atoms with Crippen LogP contribution < -0.4 is 9.47 Å². The van der Waals surface area contributed by atoms with Gasteiger partial charge in [-0.15, -0.1) is 11.3 Å². The molecule has 0 aliphatic carbocycles. The highest BCUT2D eigenvalue weighted by atomic mass is 32.2. The quantitative estimate of drug-likeness (QED) is 0.519. The number of rotatable bonds is 7. The Labute approximate surface area is 185 Å². The molecule has 3 aromatic rings. The molecule has 31 heavy (non-hydrogen) atoms. The molecule has 1 aromatic carbocycles. The minimum atomic E-state index is -3.50. The smallest absolute Gasteiger partial charge is 0.252 e. The summed E-state index contributed by atoms with van der Waals surface area (Å²) in [5, 5.41) is 5.88. The van der Waals surface area contributed by atoms with Gasteiger partial charge in [-0.1, -0.05) is 11.2 Å². The summed E-state index contributed by atoms with van der Waals surface area (Å²) >= 11 is 1.23. The summed E-state index contributed by atoms with van der Waals surface area (Å²) in [5.74, 6) is 1.97. The molecule has 10 heteroatoms. The summed E-state index contributed by atoms with van der Waals surface area (Å²) in [6.07, 6.45) is 1.56. The Kier molecular flexibility index (Phi) is 6.31. The molecule has 0 bridgehead atoms. The lowest BCUT2D eigenvalue weighted by Crippen LogP contribution is -2.38. The molecule has 1 fully saturated rings. The number of methoxy groups -OCH3 is 1. The lowest BCUT2D eigenvalue weighted by Gasteiger charge is -2.29. The minimum Gasteiger partial charge on any atom is -0.493 e. The highest BCUT2D eigenvalue weighted by molar-refractivity contribution is 7.91. The Morgan fingerprint density at radius 1 is 1.26 bits per heavy atom. The maximum absolute atomic E-state index is 12.9. The third kappa shape index (κ3) is 4.60. The van der Waals surface area contributed by atoms with Crippen LogP contribution in [-0.2, 0) is 10.0 Å². The van der Waals surface area contributed by atoms with Crippen molar-refractivity contribution in [2.24, 2.45) is 0 Å².